The van der Waals surface area contributed by atoms with E-state index in [1.165, 1.54) is 26.8 Å². The molecular weight excluding hydrogens is 414 g/mol. The first-order chi connectivity index (χ1) is 15.0. The number of ether oxygens (including phenoxy) is 1. The number of rotatable bonds is 4. The Kier molecular flexibility index (Phi) is 4.76. The van der Waals surface area contributed by atoms with Crippen LogP contribution >= 0.6 is 0 Å². The zero-order chi connectivity index (χ0) is 23.5. The Morgan fingerprint density at radius 1 is 1.12 bits per heavy atom. The number of ketones is 3. The molecule has 32 heavy (non-hydrogen) atoms. The van der Waals surface area contributed by atoms with E-state index < -0.39 is 28.5 Å². The van der Waals surface area contributed by atoms with Crippen molar-refractivity contribution >= 4 is 17.3 Å². The number of carbonyl (C=O) groups excluding carboxylic acids is 3. The Labute approximate surface area is 184 Å². The Hall–Kier alpha value is -3.81. The SMILES string of the molecule is CC(=O)c1c(O)c(C)c(O)c2c1OC1=CC(=O)/C(=C(/C)NCc3ccc(C)o3)C(=O)[C@]12C. The van der Waals surface area contributed by atoms with Gasteiger partial charge in [0.15, 0.2) is 17.3 Å². The highest BCUT2D eigenvalue weighted by atomic mass is 16.5. The van der Waals surface area contributed by atoms with Crippen LogP contribution in [0.2, 0.25) is 0 Å². The third-order valence-corrected chi connectivity index (χ3v) is 6.08. The second kappa shape index (κ2) is 7.12. The molecule has 1 aromatic heterocycles. The molecule has 0 saturated carbocycles. The summed E-state index contributed by atoms with van der Waals surface area (Å²) in [5.41, 5.74) is -1.28. The van der Waals surface area contributed by atoms with Gasteiger partial charge in [-0.15, -0.1) is 0 Å². The molecule has 0 spiro atoms. The monoisotopic (exact) mass is 437 g/mol. The van der Waals surface area contributed by atoms with Crippen LogP contribution in [-0.4, -0.2) is 27.6 Å². The molecule has 2 heterocycles. The van der Waals surface area contributed by atoms with E-state index in [0.717, 1.165) is 5.76 Å². The van der Waals surface area contributed by atoms with Gasteiger partial charge >= 0.3 is 0 Å². The number of Topliss-reactive ketones (excluding diaryl/α,β-unsaturated/α-hetero) is 2. The van der Waals surface area contributed by atoms with E-state index in [1.807, 2.05) is 13.0 Å². The molecular formula is C24H23NO7. The molecule has 1 aliphatic carbocycles. The van der Waals surface area contributed by atoms with E-state index in [-0.39, 0.29) is 46.1 Å². The van der Waals surface area contributed by atoms with Crippen LogP contribution in [0.5, 0.6) is 17.2 Å². The zero-order valence-electron chi connectivity index (χ0n) is 18.4. The molecule has 8 heteroatoms. The molecule has 4 rings (SSSR count). The minimum atomic E-state index is -1.53. The summed E-state index contributed by atoms with van der Waals surface area (Å²) in [4.78, 5) is 38.7. The van der Waals surface area contributed by atoms with Crippen LogP contribution in [0, 0.1) is 13.8 Å². The van der Waals surface area contributed by atoms with E-state index in [0.29, 0.717) is 11.5 Å². The molecule has 0 bridgehead atoms. The molecule has 2 aromatic rings. The molecule has 166 valence electrons. The van der Waals surface area contributed by atoms with E-state index in [9.17, 15) is 24.6 Å². The molecule has 1 aliphatic heterocycles. The highest BCUT2D eigenvalue weighted by Gasteiger charge is 2.56. The molecule has 0 radical (unpaired) electrons. The van der Waals surface area contributed by atoms with Crippen LogP contribution in [0.4, 0.5) is 0 Å². The highest BCUT2D eigenvalue weighted by Crippen LogP contribution is 2.57. The van der Waals surface area contributed by atoms with E-state index in [2.05, 4.69) is 5.32 Å². The van der Waals surface area contributed by atoms with Crippen molar-refractivity contribution in [2.24, 2.45) is 0 Å². The van der Waals surface area contributed by atoms with Gasteiger partial charge < -0.3 is 24.7 Å². The quantitative estimate of drug-likeness (QED) is 0.378. The summed E-state index contributed by atoms with van der Waals surface area (Å²) in [6.45, 7) is 7.92. The summed E-state index contributed by atoms with van der Waals surface area (Å²) in [5, 5.41) is 24.3. The van der Waals surface area contributed by atoms with Crippen molar-refractivity contribution < 1.29 is 33.8 Å². The Balaban J connectivity index is 1.84. The number of benzene rings is 1. The second-order valence-corrected chi connectivity index (χ2v) is 8.25. The van der Waals surface area contributed by atoms with Gasteiger partial charge in [0.2, 0.25) is 0 Å². The number of phenols is 2. The Morgan fingerprint density at radius 3 is 2.41 bits per heavy atom. The molecule has 8 nitrogen and oxygen atoms in total. The minimum Gasteiger partial charge on any atom is -0.507 e. The average molecular weight is 437 g/mol. The van der Waals surface area contributed by atoms with Gasteiger partial charge in [-0.05, 0) is 46.8 Å². The number of aryl methyl sites for hydroxylation is 1. The average Bonchev–Trinajstić information content (AvgIpc) is 3.26. The molecule has 3 N–H and O–H groups in total. The van der Waals surface area contributed by atoms with E-state index >= 15 is 0 Å². The van der Waals surface area contributed by atoms with Gasteiger partial charge in [0.25, 0.3) is 0 Å². The maximum atomic E-state index is 13.7. The number of carbonyl (C=O) groups is 3. The Morgan fingerprint density at radius 2 is 1.81 bits per heavy atom. The number of furan rings is 1. The van der Waals surface area contributed by atoms with Crippen molar-refractivity contribution in [2.75, 3.05) is 0 Å². The van der Waals surface area contributed by atoms with Crippen molar-refractivity contribution in [1.82, 2.24) is 5.32 Å². The van der Waals surface area contributed by atoms with Crippen LogP contribution in [0.25, 0.3) is 0 Å². The zero-order valence-corrected chi connectivity index (χ0v) is 18.4. The molecule has 1 atom stereocenters. The largest absolute Gasteiger partial charge is 0.507 e. The molecule has 2 aliphatic rings. The van der Waals surface area contributed by atoms with E-state index in [1.54, 1.807) is 13.0 Å². The van der Waals surface area contributed by atoms with Gasteiger partial charge in [-0.25, -0.2) is 0 Å². The van der Waals surface area contributed by atoms with Crippen LogP contribution < -0.4 is 10.1 Å². The lowest BCUT2D eigenvalue weighted by molar-refractivity contribution is -0.123. The summed E-state index contributed by atoms with van der Waals surface area (Å²) < 4.78 is 11.3. The van der Waals surface area contributed by atoms with Gasteiger partial charge in [-0.1, -0.05) is 0 Å². The molecule has 0 amide bonds. The van der Waals surface area contributed by atoms with Crippen LogP contribution in [0.15, 0.2) is 39.7 Å². The number of hydrogen-bond donors (Lipinski definition) is 3. The molecule has 0 fully saturated rings. The fourth-order valence-electron chi connectivity index (χ4n) is 4.25. The predicted octanol–water partition coefficient (Wildman–Crippen LogP) is 3.26. The fraction of sp³-hybridized carbons (Fsp3) is 0.292. The maximum Gasteiger partial charge on any atom is 0.194 e. The summed E-state index contributed by atoms with van der Waals surface area (Å²) >= 11 is 0. The molecule has 0 unspecified atom stereocenters. The molecule has 1 aromatic carbocycles. The standard InChI is InChI=1S/C24H23NO7/c1-10-6-7-14(31-10)9-25-12(3)17-15(27)8-16-24(5,23(17)30)19-21(29)11(2)20(28)18(13(4)26)22(19)32-16/h6-8,25,28-29H,9H2,1-5H3/b17-12+/t24-/m1/s1. The number of fused-ring (bicyclic) bond motifs is 3. The smallest absolute Gasteiger partial charge is 0.194 e. The van der Waals surface area contributed by atoms with Gasteiger partial charge in [-0.3, -0.25) is 14.4 Å². The maximum absolute atomic E-state index is 13.7. The lowest BCUT2D eigenvalue weighted by atomic mass is 9.70. The fourth-order valence-corrected chi connectivity index (χ4v) is 4.25. The van der Waals surface area contributed by atoms with Crippen molar-refractivity contribution in [3.05, 3.63) is 63.4 Å². The summed E-state index contributed by atoms with van der Waals surface area (Å²) in [6.07, 6.45) is 1.19. The van der Waals surface area contributed by atoms with Crippen molar-refractivity contribution in [1.29, 1.82) is 0 Å². The van der Waals surface area contributed by atoms with E-state index in [4.69, 9.17) is 9.15 Å². The third-order valence-electron chi connectivity index (χ3n) is 6.08. The number of nitrogens with one attached hydrogen (secondary N) is 1. The lowest BCUT2D eigenvalue weighted by Gasteiger charge is -2.29. The van der Waals surface area contributed by atoms with Gasteiger partial charge in [-0.2, -0.15) is 0 Å². The number of allylic oxidation sites excluding steroid dienone is 4. The first-order valence-corrected chi connectivity index (χ1v) is 10.1. The van der Waals surface area contributed by atoms with Crippen molar-refractivity contribution in [3.63, 3.8) is 0 Å². The van der Waals surface area contributed by atoms with Crippen LogP contribution in [-0.2, 0) is 21.5 Å². The predicted molar refractivity (Wildman–Crippen MR) is 114 cm³/mol. The summed E-state index contributed by atoms with van der Waals surface area (Å²) in [6, 6.07) is 3.61. The second-order valence-electron chi connectivity index (χ2n) is 8.25. The van der Waals surface area contributed by atoms with Gasteiger partial charge in [0.05, 0.1) is 17.7 Å². The van der Waals surface area contributed by atoms with Crippen molar-refractivity contribution in [2.45, 2.75) is 46.6 Å². The highest BCUT2D eigenvalue weighted by molar-refractivity contribution is 6.31. The first kappa shape index (κ1) is 21.4. The van der Waals surface area contributed by atoms with Crippen LogP contribution in [0.3, 0.4) is 0 Å². The van der Waals surface area contributed by atoms with Crippen LogP contribution in [0.1, 0.15) is 53.8 Å². The number of phenolic OH excluding ortho intramolecular Hbond substituents is 2. The van der Waals surface area contributed by atoms with Gasteiger partial charge in [0.1, 0.15) is 45.5 Å². The van der Waals surface area contributed by atoms with Gasteiger partial charge in [0, 0.05) is 17.3 Å². The topological polar surface area (TPSA) is 126 Å². The summed E-state index contributed by atoms with van der Waals surface area (Å²) in [5.74, 6) is -1.11. The number of aromatic hydroxyl groups is 2. The Bertz CT molecular complexity index is 1280. The third kappa shape index (κ3) is 2.86. The lowest BCUT2D eigenvalue weighted by Crippen LogP contribution is -2.41. The van der Waals surface area contributed by atoms with Crippen molar-refractivity contribution in [3.8, 4) is 17.2 Å². The number of hydrogen-bond acceptors (Lipinski definition) is 8. The first-order valence-electron chi connectivity index (χ1n) is 10.1. The minimum absolute atomic E-state index is 0.00325. The normalized spacial score (nSPS) is 21.0. The summed E-state index contributed by atoms with van der Waals surface area (Å²) in [7, 11) is 0. The molecule has 0 saturated heterocycles.